The van der Waals surface area contributed by atoms with E-state index >= 15 is 0 Å². The Bertz CT molecular complexity index is 1040. The van der Waals surface area contributed by atoms with Crippen LogP contribution in [0.25, 0.3) is 0 Å². The van der Waals surface area contributed by atoms with Gasteiger partial charge in [-0.15, -0.1) is 0 Å². The van der Waals surface area contributed by atoms with Crippen LogP contribution in [0, 0.1) is 5.92 Å². The number of anilines is 2. The number of carbonyl (C=O) groups is 1. The van der Waals surface area contributed by atoms with Crippen molar-refractivity contribution in [2.24, 2.45) is 11.7 Å². The molecule has 1 aromatic heterocycles. The number of carbonyl (C=O) groups excluding carboxylic acids is 1. The average molecular weight is 433 g/mol. The maximum absolute atomic E-state index is 12.2. The van der Waals surface area contributed by atoms with Gasteiger partial charge in [-0.1, -0.05) is 19.9 Å². The van der Waals surface area contributed by atoms with Gasteiger partial charge >= 0.3 is 0 Å². The highest BCUT2D eigenvalue weighted by atomic mass is 32.2. The Morgan fingerprint density at radius 1 is 1.23 bits per heavy atom. The SMILES string of the molecule is CC(C)[C@@H]1CN(c2ccc(CO)c(S(C)(=O)=O)c2)CCN1c1ccnc(C(N)=O)c1. The van der Waals surface area contributed by atoms with Crippen molar-refractivity contribution in [2.45, 2.75) is 31.4 Å². The van der Waals surface area contributed by atoms with E-state index in [9.17, 15) is 18.3 Å². The van der Waals surface area contributed by atoms with Crippen molar-refractivity contribution < 1.29 is 18.3 Å². The number of piperazine rings is 1. The molecule has 0 spiro atoms. The number of rotatable bonds is 6. The lowest BCUT2D eigenvalue weighted by molar-refractivity contribution is 0.0995. The second kappa shape index (κ2) is 8.61. The topological polar surface area (TPSA) is 117 Å². The predicted molar refractivity (Wildman–Crippen MR) is 116 cm³/mol. The van der Waals surface area contributed by atoms with Gasteiger partial charge in [0.25, 0.3) is 5.91 Å². The normalized spacial score (nSPS) is 17.4. The third-order valence-corrected chi connectivity index (χ3v) is 6.68. The minimum atomic E-state index is -3.45. The first kappa shape index (κ1) is 22.0. The fourth-order valence-corrected chi connectivity index (χ4v) is 4.83. The summed E-state index contributed by atoms with van der Waals surface area (Å²) in [4.78, 5) is 20.1. The second-order valence-corrected chi connectivity index (χ2v) is 9.92. The number of hydrogen-bond donors (Lipinski definition) is 2. The maximum atomic E-state index is 12.2. The molecule has 0 bridgehead atoms. The van der Waals surface area contributed by atoms with Crippen LogP contribution in [0.15, 0.2) is 41.4 Å². The zero-order valence-electron chi connectivity index (χ0n) is 17.4. The summed E-state index contributed by atoms with van der Waals surface area (Å²) in [5, 5.41) is 9.50. The number of primary amides is 1. The van der Waals surface area contributed by atoms with E-state index in [0.29, 0.717) is 31.1 Å². The predicted octanol–water partition coefficient (Wildman–Crippen LogP) is 1.43. The third-order valence-electron chi connectivity index (χ3n) is 5.50. The highest BCUT2D eigenvalue weighted by Crippen LogP contribution is 2.30. The number of nitrogens with two attached hydrogens (primary N) is 1. The summed E-state index contributed by atoms with van der Waals surface area (Å²) < 4.78 is 24.3. The molecule has 8 nitrogen and oxygen atoms in total. The van der Waals surface area contributed by atoms with Crippen molar-refractivity contribution in [3.8, 4) is 0 Å². The lowest BCUT2D eigenvalue weighted by Crippen LogP contribution is -2.55. The first-order valence-corrected chi connectivity index (χ1v) is 11.7. The third kappa shape index (κ3) is 4.57. The van der Waals surface area contributed by atoms with Crippen LogP contribution in [0.3, 0.4) is 0 Å². The zero-order valence-corrected chi connectivity index (χ0v) is 18.3. The van der Waals surface area contributed by atoms with Gasteiger partial charge in [-0.05, 0) is 35.7 Å². The summed E-state index contributed by atoms with van der Waals surface area (Å²) in [6.45, 7) is 6.01. The van der Waals surface area contributed by atoms with Crippen LogP contribution < -0.4 is 15.5 Å². The number of amides is 1. The average Bonchev–Trinajstić information content (AvgIpc) is 2.72. The molecule has 30 heavy (non-hydrogen) atoms. The van der Waals surface area contributed by atoms with Crippen LogP contribution >= 0.6 is 0 Å². The fourth-order valence-electron chi connectivity index (χ4n) is 3.88. The number of nitrogens with zero attached hydrogens (tertiary/aromatic N) is 3. The molecular formula is C21H28N4O4S. The number of aliphatic hydroxyl groups excluding tert-OH is 1. The molecule has 2 heterocycles. The summed E-state index contributed by atoms with van der Waals surface area (Å²) in [5.41, 5.74) is 7.72. The number of hydrogen-bond acceptors (Lipinski definition) is 7. The standard InChI is InChI=1S/C21H28N4O4S/c1-14(2)19-12-24(16-5-4-15(13-26)20(11-16)30(3,28)29)8-9-25(19)17-6-7-23-18(10-17)21(22)27/h4-7,10-11,14,19,26H,8-9,12-13H2,1-3H3,(H2,22,27)/t19-/m0/s1. The summed E-state index contributed by atoms with van der Waals surface area (Å²) >= 11 is 0. The van der Waals surface area contributed by atoms with E-state index in [2.05, 4.69) is 28.6 Å². The molecule has 0 radical (unpaired) electrons. The highest BCUT2D eigenvalue weighted by molar-refractivity contribution is 7.90. The van der Waals surface area contributed by atoms with Gasteiger partial charge in [-0.2, -0.15) is 0 Å². The molecule has 1 saturated heterocycles. The maximum Gasteiger partial charge on any atom is 0.267 e. The molecule has 9 heteroatoms. The summed E-state index contributed by atoms with van der Waals surface area (Å²) in [7, 11) is -3.45. The van der Waals surface area contributed by atoms with Gasteiger partial charge < -0.3 is 20.6 Å². The monoisotopic (exact) mass is 432 g/mol. The van der Waals surface area contributed by atoms with Gasteiger partial charge in [-0.3, -0.25) is 9.78 Å². The smallest absolute Gasteiger partial charge is 0.267 e. The molecule has 1 aliphatic rings. The van der Waals surface area contributed by atoms with Gasteiger partial charge in [0.15, 0.2) is 9.84 Å². The molecule has 1 aliphatic heterocycles. The van der Waals surface area contributed by atoms with E-state index in [0.717, 1.165) is 17.6 Å². The van der Waals surface area contributed by atoms with Crippen molar-refractivity contribution >= 4 is 27.1 Å². The van der Waals surface area contributed by atoms with Crippen molar-refractivity contribution in [1.82, 2.24) is 4.98 Å². The fraction of sp³-hybridized carbons (Fsp3) is 0.429. The Labute approximate surface area is 177 Å². The zero-order chi connectivity index (χ0) is 22.1. The second-order valence-electron chi connectivity index (χ2n) is 7.94. The molecule has 0 saturated carbocycles. The van der Waals surface area contributed by atoms with Crippen LogP contribution in [0.1, 0.15) is 29.9 Å². The number of aromatic nitrogens is 1. The Balaban J connectivity index is 1.91. The molecule has 1 fully saturated rings. The van der Waals surface area contributed by atoms with Gasteiger partial charge in [-0.25, -0.2) is 8.42 Å². The molecule has 3 N–H and O–H groups in total. The van der Waals surface area contributed by atoms with E-state index in [1.807, 2.05) is 12.1 Å². The van der Waals surface area contributed by atoms with Gasteiger partial charge in [0.2, 0.25) is 0 Å². The van der Waals surface area contributed by atoms with E-state index < -0.39 is 15.7 Å². The molecule has 1 atom stereocenters. The van der Waals surface area contributed by atoms with Gasteiger partial charge in [0.05, 0.1) is 11.5 Å². The Morgan fingerprint density at radius 2 is 1.97 bits per heavy atom. The van der Waals surface area contributed by atoms with Crippen LogP contribution in [0.4, 0.5) is 11.4 Å². The molecular weight excluding hydrogens is 404 g/mol. The molecule has 2 aromatic rings. The van der Waals surface area contributed by atoms with Crippen molar-refractivity contribution in [3.63, 3.8) is 0 Å². The van der Waals surface area contributed by atoms with Gasteiger partial charge in [0.1, 0.15) is 5.69 Å². The van der Waals surface area contributed by atoms with Crippen molar-refractivity contribution in [1.29, 1.82) is 0 Å². The first-order valence-electron chi connectivity index (χ1n) is 9.83. The molecule has 162 valence electrons. The highest BCUT2D eigenvalue weighted by Gasteiger charge is 2.30. The first-order chi connectivity index (χ1) is 14.1. The molecule has 0 aliphatic carbocycles. The lowest BCUT2D eigenvalue weighted by atomic mass is 9.98. The molecule has 3 rings (SSSR count). The van der Waals surface area contributed by atoms with Crippen molar-refractivity contribution in [2.75, 3.05) is 35.7 Å². The molecule has 1 amide bonds. The van der Waals surface area contributed by atoms with Crippen LogP contribution in [-0.2, 0) is 16.4 Å². The number of aliphatic hydroxyl groups is 1. The Kier molecular flexibility index (Phi) is 6.33. The number of benzene rings is 1. The van der Waals surface area contributed by atoms with E-state index in [1.54, 1.807) is 24.4 Å². The minimum absolute atomic E-state index is 0.140. The Hall–Kier alpha value is -2.65. The van der Waals surface area contributed by atoms with E-state index in [-0.39, 0.29) is 23.2 Å². The van der Waals surface area contributed by atoms with Gasteiger partial charge in [0, 0.05) is 49.5 Å². The van der Waals surface area contributed by atoms with Crippen LogP contribution in [0.2, 0.25) is 0 Å². The quantitative estimate of drug-likeness (QED) is 0.709. The van der Waals surface area contributed by atoms with Crippen LogP contribution in [0.5, 0.6) is 0 Å². The number of pyridine rings is 1. The summed E-state index contributed by atoms with van der Waals surface area (Å²) in [6.07, 6.45) is 2.74. The van der Waals surface area contributed by atoms with E-state index in [4.69, 9.17) is 5.73 Å². The minimum Gasteiger partial charge on any atom is -0.392 e. The number of sulfone groups is 1. The summed E-state index contributed by atoms with van der Waals surface area (Å²) in [5.74, 6) is -0.252. The van der Waals surface area contributed by atoms with Crippen LogP contribution in [-0.4, -0.2) is 56.3 Å². The Morgan fingerprint density at radius 3 is 2.57 bits per heavy atom. The molecule has 0 unspecified atom stereocenters. The van der Waals surface area contributed by atoms with Crippen molar-refractivity contribution in [3.05, 3.63) is 47.8 Å². The van der Waals surface area contributed by atoms with E-state index in [1.165, 1.54) is 0 Å². The molecule has 1 aromatic carbocycles. The largest absolute Gasteiger partial charge is 0.392 e. The summed E-state index contributed by atoms with van der Waals surface area (Å²) in [6, 6.07) is 8.89. The lowest BCUT2D eigenvalue weighted by Gasteiger charge is -2.45.